The van der Waals surface area contributed by atoms with E-state index in [1.54, 1.807) is 0 Å². The molecule has 0 radical (unpaired) electrons. The highest BCUT2D eigenvalue weighted by molar-refractivity contribution is 4.91. The summed E-state index contributed by atoms with van der Waals surface area (Å²) in [6.45, 7) is 7.05. The van der Waals surface area contributed by atoms with Gasteiger partial charge >= 0.3 is 0 Å². The van der Waals surface area contributed by atoms with Gasteiger partial charge in [-0.1, -0.05) is 46.5 Å². The summed E-state index contributed by atoms with van der Waals surface area (Å²) in [5, 5.41) is 11.1. The van der Waals surface area contributed by atoms with Gasteiger partial charge in [0.05, 0.1) is 5.60 Å². The molecule has 2 atom stereocenters. The van der Waals surface area contributed by atoms with Crippen LogP contribution >= 0.6 is 0 Å². The van der Waals surface area contributed by atoms with E-state index in [9.17, 15) is 5.11 Å². The van der Waals surface area contributed by atoms with Crippen LogP contribution in [0.4, 0.5) is 0 Å². The fourth-order valence-corrected chi connectivity index (χ4v) is 4.25. The topological polar surface area (TPSA) is 20.2 Å². The summed E-state index contributed by atoms with van der Waals surface area (Å²) in [5.41, 5.74) is -0.316. The molecule has 0 spiro atoms. The van der Waals surface area contributed by atoms with Crippen LogP contribution in [0.5, 0.6) is 0 Å². The normalized spacial score (nSPS) is 42.8. The van der Waals surface area contributed by atoms with E-state index in [0.29, 0.717) is 5.92 Å². The van der Waals surface area contributed by atoms with Crippen molar-refractivity contribution < 1.29 is 5.11 Å². The van der Waals surface area contributed by atoms with Crippen LogP contribution in [-0.4, -0.2) is 10.7 Å². The highest BCUT2D eigenvalue weighted by Crippen LogP contribution is 2.43. The molecule has 2 rings (SSSR count). The molecule has 2 fully saturated rings. The SMILES string of the molecule is CC1CCC(C2(O)CCCC(C(C)C)CC2)CC1. The highest BCUT2D eigenvalue weighted by Gasteiger charge is 2.39. The summed E-state index contributed by atoms with van der Waals surface area (Å²) >= 11 is 0. The molecule has 1 N–H and O–H groups in total. The second kappa shape index (κ2) is 5.94. The van der Waals surface area contributed by atoms with Gasteiger partial charge in [-0.25, -0.2) is 0 Å². The van der Waals surface area contributed by atoms with E-state index in [1.807, 2.05) is 0 Å². The van der Waals surface area contributed by atoms with Gasteiger partial charge in [0.15, 0.2) is 0 Å². The first-order valence-electron chi connectivity index (χ1n) is 8.23. The van der Waals surface area contributed by atoms with Crippen LogP contribution < -0.4 is 0 Å². The van der Waals surface area contributed by atoms with E-state index in [4.69, 9.17) is 0 Å². The van der Waals surface area contributed by atoms with E-state index >= 15 is 0 Å². The zero-order chi connectivity index (χ0) is 13.2. The Kier molecular flexibility index (Phi) is 4.75. The van der Waals surface area contributed by atoms with E-state index in [1.165, 1.54) is 44.9 Å². The quantitative estimate of drug-likeness (QED) is 0.701. The molecule has 18 heavy (non-hydrogen) atoms. The zero-order valence-corrected chi connectivity index (χ0v) is 12.6. The summed E-state index contributed by atoms with van der Waals surface area (Å²) in [6.07, 6.45) is 11.2. The molecule has 106 valence electrons. The molecule has 2 aliphatic carbocycles. The third-order valence-corrected chi connectivity index (χ3v) is 5.85. The Bertz CT molecular complexity index is 252. The number of aliphatic hydroxyl groups is 1. The third kappa shape index (κ3) is 3.29. The molecule has 0 aromatic carbocycles. The summed E-state index contributed by atoms with van der Waals surface area (Å²) in [7, 11) is 0. The minimum Gasteiger partial charge on any atom is -0.390 e. The van der Waals surface area contributed by atoms with Crippen LogP contribution in [0, 0.1) is 23.7 Å². The van der Waals surface area contributed by atoms with Gasteiger partial charge in [-0.15, -0.1) is 0 Å². The predicted octanol–water partition coefficient (Wildman–Crippen LogP) is 4.78. The van der Waals surface area contributed by atoms with E-state index in [-0.39, 0.29) is 5.60 Å². The Balaban J connectivity index is 1.94. The first-order chi connectivity index (χ1) is 8.51. The van der Waals surface area contributed by atoms with Gasteiger partial charge in [0.25, 0.3) is 0 Å². The molecule has 2 unspecified atom stereocenters. The Morgan fingerprint density at radius 3 is 2.22 bits per heavy atom. The lowest BCUT2D eigenvalue weighted by Gasteiger charge is -2.39. The second-order valence-corrected chi connectivity index (χ2v) is 7.50. The van der Waals surface area contributed by atoms with E-state index in [0.717, 1.165) is 30.6 Å². The second-order valence-electron chi connectivity index (χ2n) is 7.50. The van der Waals surface area contributed by atoms with Crippen LogP contribution in [0.1, 0.15) is 78.6 Å². The first kappa shape index (κ1) is 14.4. The molecule has 0 amide bonds. The van der Waals surface area contributed by atoms with Crippen LogP contribution in [0.2, 0.25) is 0 Å². The number of rotatable bonds is 2. The van der Waals surface area contributed by atoms with Crippen molar-refractivity contribution in [1.29, 1.82) is 0 Å². The largest absolute Gasteiger partial charge is 0.390 e. The lowest BCUT2D eigenvalue weighted by molar-refractivity contribution is -0.0503. The predicted molar refractivity (Wildman–Crippen MR) is 77.5 cm³/mol. The Morgan fingerprint density at radius 1 is 0.944 bits per heavy atom. The maximum atomic E-state index is 11.1. The minimum atomic E-state index is -0.316. The van der Waals surface area contributed by atoms with Crippen molar-refractivity contribution in [2.75, 3.05) is 0 Å². The van der Waals surface area contributed by atoms with Gasteiger partial charge in [0.1, 0.15) is 0 Å². The van der Waals surface area contributed by atoms with Gasteiger partial charge in [0, 0.05) is 0 Å². The molecule has 2 aliphatic rings. The third-order valence-electron chi connectivity index (χ3n) is 5.85. The van der Waals surface area contributed by atoms with Gasteiger partial charge in [-0.3, -0.25) is 0 Å². The molecule has 1 heteroatoms. The summed E-state index contributed by atoms with van der Waals surface area (Å²) in [5.74, 6) is 3.12. The van der Waals surface area contributed by atoms with Crippen LogP contribution in [-0.2, 0) is 0 Å². The Morgan fingerprint density at radius 2 is 1.61 bits per heavy atom. The van der Waals surface area contributed by atoms with E-state index in [2.05, 4.69) is 20.8 Å². The number of hydrogen-bond donors (Lipinski definition) is 1. The lowest BCUT2D eigenvalue weighted by Crippen LogP contribution is -2.39. The molecular formula is C17H32O. The number of hydrogen-bond acceptors (Lipinski definition) is 1. The van der Waals surface area contributed by atoms with Gasteiger partial charge in [0.2, 0.25) is 0 Å². The van der Waals surface area contributed by atoms with Gasteiger partial charge in [-0.2, -0.15) is 0 Å². The standard InChI is InChI=1S/C17H32O/c1-13(2)15-5-4-11-17(18,12-10-15)16-8-6-14(3)7-9-16/h13-16,18H,4-12H2,1-3H3. The maximum absolute atomic E-state index is 11.1. The average molecular weight is 252 g/mol. The lowest BCUT2D eigenvalue weighted by atomic mass is 9.71. The van der Waals surface area contributed by atoms with Gasteiger partial charge < -0.3 is 5.11 Å². The zero-order valence-electron chi connectivity index (χ0n) is 12.6. The van der Waals surface area contributed by atoms with Crippen molar-refractivity contribution in [3.05, 3.63) is 0 Å². The summed E-state index contributed by atoms with van der Waals surface area (Å²) < 4.78 is 0. The van der Waals surface area contributed by atoms with Crippen molar-refractivity contribution in [1.82, 2.24) is 0 Å². The molecular weight excluding hydrogens is 220 g/mol. The monoisotopic (exact) mass is 252 g/mol. The van der Waals surface area contributed by atoms with Crippen molar-refractivity contribution in [3.63, 3.8) is 0 Å². The van der Waals surface area contributed by atoms with E-state index < -0.39 is 0 Å². The maximum Gasteiger partial charge on any atom is 0.0675 e. The first-order valence-corrected chi connectivity index (χ1v) is 8.23. The van der Waals surface area contributed by atoms with Crippen molar-refractivity contribution in [2.24, 2.45) is 23.7 Å². The molecule has 0 bridgehead atoms. The molecule has 0 aromatic rings. The van der Waals surface area contributed by atoms with Crippen LogP contribution in [0.15, 0.2) is 0 Å². The average Bonchev–Trinajstić information content (AvgIpc) is 2.53. The molecule has 0 aliphatic heterocycles. The van der Waals surface area contributed by atoms with Gasteiger partial charge in [-0.05, 0) is 55.8 Å². The molecule has 0 heterocycles. The van der Waals surface area contributed by atoms with Crippen molar-refractivity contribution >= 4 is 0 Å². The summed E-state index contributed by atoms with van der Waals surface area (Å²) in [6, 6.07) is 0. The minimum absolute atomic E-state index is 0.316. The van der Waals surface area contributed by atoms with Crippen molar-refractivity contribution in [3.8, 4) is 0 Å². The fourth-order valence-electron chi connectivity index (χ4n) is 4.25. The smallest absolute Gasteiger partial charge is 0.0675 e. The summed E-state index contributed by atoms with van der Waals surface area (Å²) in [4.78, 5) is 0. The Labute approximate surface area is 113 Å². The molecule has 1 nitrogen and oxygen atoms in total. The highest BCUT2D eigenvalue weighted by atomic mass is 16.3. The van der Waals surface area contributed by atoms with Crippen molar-refractivity contribution in [2.45, 2.75) is 84.2 Å². The molecule has 0 aromatic heterocycles. The molecule has 0 saturated heterocycles. The fraction of sp³-hybridized carbons (Fsp3) is 1.00. The Hall–Kier alpha value is -0.0400. The van der Waals surface area contributed by atoms with Crippen LogP contribution in [0.25, 0.3) is 0 Å². The molecule has 2 saturated carbocycles. The van der Waals surface area contributed by atoms with Crippen LogP contribution in [0.3, 0.4) is 0 Å².